The van der Waals surface area contributed by atoms with Gasteiger partial charge < -0.3 is 5.11 Å². The standard InChI is InChI=1S/C11H6Br2ClFOS/c12-6-2-1-5(9(15)8(6)14)10(16)11-7(13)3-4-17-11/h1-4,10,16H. The fourth-order valence-corrected chi connectivity index (χ4v) is 3.46. The van der Waals surface area contributed by atoms with E-state index in [2.05, 4.69) is 31.9 Å². The summed E-state index contributed by atoms with van der Waals surface area (Å²) in [5.41, 5.74) is 0.168. The van der Waals surface area contributed by atoms with Gasteiger partial charge in [-0.15, -0.1) is 11.3 Å². The summed E-state index contributed by atoms with van der Waals surface area (Å²) in [5.74, 6) is -0.603. The van der Waals surface area contributed by atoms with Crippen molar-refractivity contribution in [1.29, 1.82) is 0 Å². The Morgan fingerprint density at radius 3 is 2.53 bits per heavy atom. The van der Waals surface area contributed by atoms with Crippen LogP contribution in [0.15, 0.2) is 32.5 Å². The molecule has 0 radical (unpaired) electrons. The Labute approximate surface area is 123 Å². The normalized spacial score (nSPS) is 12.8. The molecule has 1 nitrogen and oxygen atoms in total. The topological polar surface area (TPSA) is 20.2 Å². The molecular formula is C11H6Br2ClFOS. The molecule has 1 unspecified atom stereocenters. The van der Waals surface area contributed by atoms with Crippen molar-refractivity contribution in [1.82, 2.24) is 0 Å². The van der Waals surface area contributed by atoms with Crippen LogP contribution in [0.25, 0.3) is 0 Å². The minimum atomic E-state index is -1.02. The molecule has 0 spiro atoms. The summed E-state index contributed by atoms with van der Waals surface area (Å²) < 4.78 is 15.1. The molecule has 90 valence electrons. The highest BCUT2D eigenvalue weighted by Gasteiger charge is 2.21. The Hall–Kier alpha value is 0.0600. The summed E-state index contributed by atoms with van der Waals surface area (Å²) in [6.45, 7) is 0. The van der Waals surface area contributed by atoms with Gasteiger partial charge in [-0.2, -0.15) is 0 Å². The molecule has 0 aliphatic rings. The van der Waals surface area contributed by atoms with Gasteiger partial charge >= 0.3 is 0 Å². The molecule has 1 N–H and O–H groups in total. The third-order valence-corrected chi connectivity index (χ3v) is 5.43. The van der Waals surface area contributed by atoms with Crippen LogP contribution in [0.5, 0.6) is 0 Å². The Kier molecular flexibility index (Phi) is 4.26. The van der Waals surface area contributed by atoms with Gasteiger partial charge in [-0.1, -0.05) is 17.7 Å². The van der Waals surface area contributed by atoms with Crippen molar-refractivity contribution in [3.05, 3.63) is 53.8 Å². The Morgan fingerprint density at radius 1 is 1.24 bits per heavy atom. The molecule has 2 rings (SSSR count). The second-order valence-corrected chi connectivity index (χ2v) is 6.33. The highest BCUT2D eigenvalue weighted by molar-refractivity contribution is 9.10. The van der Waals surface area contributed by atoms with Gasteiger partial charge in [-0.3, -0.25) is 0 Å². The lowest BCUT2D eigenvalue weighted by Crippen LogP contribution is -2.02. The smallest absolute Gasteiger partial charge is 0.149 e. The van der Waals surface area contributed by atoms with E-state index < -0.39 is 11.9 Å². The lowest BCUT2D eigenvalue weighted by atomic mass is 10.1. The van der Waals surface area contributed by atoms with Crippen molar-refractivity contribution in [2.45, 2.75) is 6.10 Å². The van der Waals surface area contributed by atoms with Crippen molar-refractivity contribution in [3.8, 4) is 0 Å². The van der Waals surface area contributed by atoms with E-state index in [0.717, 1.165) is 4.47 Å². The lowest BCUT2D eigenvalue weighted by molar-refractivity contribution is 0.218. The maximum atomic E-state index is 13.9. The third-order valence-electron chi connectivity index (χ3n) is 2.25. The minimum absolute atomic E-state index is 0.0192. The monoisotopic (exact) mass is 398 g/mol. The number of hydrogen-bond donors (Lipinski definition) is 1. The first kappa shape index (κ1) is 13.5. The lowest BCUT2D eigenvalue weighted by Gasteiger charge is -2.12. The minimum Gasteiger partial charge on any atom is -0.383 e. The largest absolute Gasteiger partial charge is 0.383 e. The number of benzene rings is 1. The maximum absolute atomic E-state index is 13.9. The molecule has 6 heteroatoms. The molecule has 0 saturated heterocycles. The van der Waals surface area contributed by atoms with Crippen LogP contribution in [-0.4, -0.2) is 5.11 Å². The molecule has 0 fully saturated rings. The zero-order chi connectivity index (χ0) is 12.6. The molecular weight excluding hydrogens is 394 g/mol. The summed E-state index contributed by atoms with van der Waals surface area (Å²) in [5, 5.41) is 11.9. The number of aliphatic hydroxyl groups excluding tert-OH is 1. The molecule has 1 aromatic heterocycles. The molecule has 17 heavy (non-hydrogen) atoms. The second kappa shape index (κ2) is 5.36. The number of aliphatic hydroxyl groups is 1. The third kappa shape index (κ3) is 2.58. The van der Waals surface area contributed by atoms with Crippen LogP contribution in [0.4, 0.5) is 4.39 Å². The van der Waals surface area contributed by atoms with Crippen molar-refractivity contribution in [2.75, 3.05) is 0 Å². The van der Waals surface area contributed by atoms with Crippen LogP contribution < -0.4 is 0 Å². The number of halogens is 4. The van der Waals surface area contributed by atoms with Gasteiger partial charge in [-0.25, -0.2) is 4.39 Å². The van der Waals surface area contributed by atoms with E-state index in [4.69, 9.17) is 11.6 Å². The fraction of sp³-hybridized carbons (Fsp3) is 0.0909. The Bertz CT molecular complexity index is 558. The molecule has 1 atom stereocenters. The van der Waals surface area contributed by atoms with E-state index in [-0.39, 0.29) is 10.6 Å². The number of thiophene rings is 1. The highest BCUT2D eigenvalue weighted by Crippen LogP contribution is 2.37. The van der Waals surface area contributed by atoms with Crippen LogP contribution in [0, 0.1) is 5.82 Å². The summed E-state index contributed by atoms with van der Waals surface area (Å²) in [6.07, 6.45) is -1.02. The van der Waals surface area contributed by atoms with Gasteiger partial charge in [0.05, 0.1) is 9.90 Å². The quantitative estimate of drug-likeness (QED) is 0.692. The van der Waals surface area contributed by atoms with E-state index in [1.165, 1.54) is 17.4 Å². The summed E-state index contributed by atoms with van der Waals surface area (Å²) in [6, 6.07) is 4.94. The molecule has 0 aliphatic heterocycles. The van der Waals surface area contributed by atoms with Crippen molar-refractivity contribution in [2.24, 2.45) is 0 Å². The SMILES string of the molecule is OC(c1ccc(Br)c(Cl)c1F)c1sccc1Br. The summed E-state index contributed by atoms with van der Waals surface area (Å²) in [7, 11) is 0. The average molecular weight is 400 g/mol. The first-order valence-electron chi connectivity index (χ1n) is 4.56. The molecule has 0 amide bonds. The van der Waals surface area contributed by atoms with E-state index >= 15 is 0 Å². The number of hydrogen-bond acceptors (Lipinski definition) is 2. The van der Waals surface area contributed by atoms with Crippen molar-refractivity contribution < 1.29 is 9.50 Å². The highest BCUT2D eigenvalue weighted by atomic mass is 79.9. The van der Waals surface area contributed by atoms with Crippen LogP contribution >= 0.6 is 54.8 Å². The van der Waals surface area contributed by atoms with Crippen LogP contribution in [0.1, 0.15) is 16.5 Å². The maximum Gasteiger partial charge on any atom is 0.149 e. The Balaban J connectivity index is 2.48. The molecule has 0 aliphatic carbocycles. The molecule has 1 aromatic carbocycles. The molecule has 0 bridgehead atoms. The van der Waals surface area contributed by atoms with Gasteiger partial charge in [0.15, 0.2) is 0 Å². The fourth-order valence-electron chi connectivity index (χ4n) is 1.39. The van der Waals surface area contributed by atoms with Gasteiger partial charge in [0.1, 0.15) is 11.9 Å². The summed E-state index contributed by atoms with van der Waals surface area (Å²) in [4.78, 5) is 0.655. The predicted octanol–water partition coefficient (Wildman–Crippen LogP) is 5.15. The van der Waals surface area contributed by atoms with Crippen molar-refractivity contribution >= 4 is 54.8 Å². The van der Waals surface area contributed by atoms with Crippen LogP contribution in [0.2, 0.25) is 5.02 Å². The second-order valence-electron chi connectivity index (χ2n) is 3.30. The Morgan fingerprint density at radius 2 is 1.94 bits per heavy atom. The molecule has 0 saturated carbocycles. The summed E-state index contributed by atoms with van der Waals surface area (Å²) >= 11 is 13.6. The van der Waals surface area contributed by atoms with Crippen LogP contribution in [-0.2, 0) is 0 Å². The van der Waals surface area contributed by atoms with Crippen molar-refractivity contribution in [3.63, 3.8) is 0 Å². The zero-order valence-electron chi connectivity index (χ0n) is 8.25. The zero-order valence-corrected chi connectivity index (χ0v) is 13.0. The van der Waals surface area contributed by atoms with E-state index in [1.807, 2.05) is 11.4 Å². The van der Waals surface area contributed by atoms with E-state index in [0.29, 0.717) is 9.35 Å². The van der Waals surface area contributed by atoms with E-state index in [9.17, 15) is 9.50 Å². The van der Waals surface area contributed by atoms with Gasteiger partial charge in [0.2, 0.25) is 0 Å². The first-order chi connectivity index (χ1) is 8.02. The number of rotatable bonds is 2. The van der Waals surface area contributed by atoms with Crippen LogP contribution in [0.3, 0.4) is 0 Å². The molecule has 1 heterocycles. The van der Waals surface area contributed by atoms with E-state index in [1.54, 1.807) is 6.07 Å². The predicted molar refractivity (Wildman–Crippen MR) is 75.2 cm³/mol. The average Bonchev–Trinajstić information content (AvgIpc) is 2.72. The first-order valence-corrected chi connectivity index (χ1v) is 7.41. The molecule has 2 aromatic rings. The van der Waals surface area contributed by atoms with Gasteiger partial charge in [-0.05, 0) is 49.4 Å². The van der Waals surface area contributed by atoms with Gasteiger partial charge in [0.25, 0.3) is 0 Å². The van der Waals surface area contributed by atoms with Gasteiger partial charge in [0, 0.05) is 14.5 Å².